The summed E-state index contributed by atoms with van der Waals surface area (Å²) in [5, 5.41) is 0. The number of piperidine rings is 1. The number of rotatable bonds is 3. The molecule has 2 rings (SSSR count). The van der Waals surface area contributed by atoms with E-state index in [2.05, 4.69) is 20.8 Å². The number of methoxy groups -OCH3 is 1. The molecule has 1 aliphatic heterocycles. The Morgan fingerprint density at radius 1 is 1.39 bits per heavy atom. The van der Waals surface area contributed by atoms with Crippen LogP contribution in [-0.4, -0.2) is 32.1 Å². The summed E-state index contributed by atoms with van der Waals surface area (Å²) >= 11 is 3.56. The first-order chi connectivity index (χ1) is 8.61. The molecule has 98 valence electrons. The second kappa shape index (κ2) is 5.85. The van der Waals surface area contributed by atoms with Crippen LogP contribution in [0.3, 0.4) is 0 Å². The van der Waals surface area contributed by atoms with E-state index >= 15 is 0 Å². The quantitative estimate of drug-likeness (QED) is 0.802. The van der Waals surface area contributed by atoms with Crippen LogP contribution in [-0.2, 0) is 4.74 Å². The molecular formula is C14H18BrNO2. The van der Waals surface area contributed by atoms with Crippen molar-refractivity contribution < 1.29 is 9.53 Å². The zero-order valence-electron chi connectivity index (χ0n) is 10.8. The Balaban J connectivity index is 2.12. The Hall–Kier alpha value is -0.870. The van der Waals surface area contributed by atoms with Gasteiger partial charge in [-0.2, -0.15) is 0 Å². The molecule has 0 N–H and O–H groups in total. The summed E-state index contributed by atoms with van der Waals surface area (Å²) in [5.41, 5.74) is 1.91. The third-order valence-corrected chi connectivity index (χ3v) is 4.11. The molecule has 1 aromatic carbocycles. The second-order valence-corrected chi connectivity index (χ2v) is 5.50. The van der Waals surface area contributed by atoms with Crippen molar-refractivity contribution in [2.45, 2.75) is 25.9 Å². The summed E-state index contributed by atoms with van der Waals surface area (Å²) in [4.78, 5) is 13.7. The number of ether oxygens (including phenoxy) is 1. The largest absolute Gasteiger partial charge is 0.381 e. The van der Waals surface area contributed by atoms with Gasteiger partial charge < -0.3 is 9.64 Å². The Kier molecular flexibility index (Phi) is 4.40. The van der Waals surface area contributed by atoms with Crippen LogP contribution in [0.1, 0.15) is 30.1 Å². The average Bonchev–Trinajstić information content (AvgIpc) is 2.38. The molecule has 1 heterocycles. The molecule has 0 saturated carbocycles. The number of nitrogens with zero attached hydrogens (tertiary/aromatic N) is 1. The van der Waals surface area contributed by atoms with Crippen molar-refractivity contribution in [3.63, 3.8) is 0 Å². The van der Waals surface area contributed by atoms with Crippen LogP contribution < -0.4 is 4.90 Å². The fourth-order valence-electron chi connectivity index (χ4n) is 2.31. The number of halogens is 1. The Morgan fingerprint density at radius 2 is 2.06 bits per heavy atom. The minimum atomic E-state index is 0.0975. The zero-order chi connectivity index (χ0) is 13.1. The van der Waals surface area contributed by atoms with Gasteiger partial charge in [0.05, 0.1) is 11.8 Å². The standard InChI is InChI=1S/C14H18BrNO2/c1-10(17)11-3-4-14(13(15)9-11)16-7-5-12(18-2)6-8-16/h3-4,9,12H,5-8H2,1-2H3. The van der Waals surface area contributed by atoms with Crippen LogP contribution in [0.2, 0.25) is 0 Å². The fourth-order valence-corrected chi connectivity index (χ4v) is 2.94. The Labute approximate surface area is 116 Å². The van der Waals surface area contributed by atoms with Crippen molar-refractivity contribution >= 4 is 27.4 Å². The molecular weight excluding hydrogens is 294 g/mol. The number of benzene rings is 1. The van der Waals surface area contributed by atoms with E-state index in [-0.39, 0.29) is 5.78 Å². The smallest absolute Gasteiger partial charge is 0.159 e. The molecule has 0 amide bonds. The molecule has 1 aliphatic rings. The van der Waals surface area contributed by atoms with Crippen LogP contribution in [0.25, 0.3) is 0 Å². The van der Waals surface area contributed by atoms with Gasteiger partial charge in [-0.25, -0.2) is 0 Å². The van der Waals surface area contributed by atoms with Crippen molar-refractivity contribution in [2.75, 3.05) is 25.1 Å². The van der Waals surface area contributed by atoms with Crippen molar-refractivity contribution in [3.8, 4) is 0 Å². The highest BCUT2D eigenvalue weighted by Crippen LogP contribution is 2.30. The molecule has 4 heteroatoms. The first kappa shape index (κ1) is 13.6. The van der Waals surface area contributed by atoms with Crippen LogP contribution in [0.4, 0.5) is 5.69 Å². The van der Waals surface area contributed by atoms with E-state index in [4.69, 9.17) is 4.74 Å². The van der Waals surface area contributed by atoms with Crippen molar-refractivity contribution in [3.05, 3.63) is 28.2 Å². The highest BCUT2D eigenvalue weighted by atomic mass is 79.9. The number of carbonyl (C=O) groups is 1. The molecule has 0 atom stereocenters. The van der Waals surface area contributed by atoms with Crippen LogP contribution >= 0.6 is 15.9 Å². The predicted molar refractivity (Wildman–Crippen MR) is 76.4 cm³/mol. The van der Waals surface area contributed by atoms with Gasteiger partial charge in [0.1, 0.15) is 0 Å². The number of hydrogen-bond acceptors (Lipinski definition) is 3. The van der Waals surface area contributed by atoms with Gasteiger partial charge in [0, 0.05) is 30.2 Å². The Morgan fingerprint density at radius 3 is 2.56 bits per heavy atom. The maximum atomic E-state index is 11.3. The summed E-state index contributed by atoms with van der Waals surface area (Å²) in [5.74, 6) is 0.0975. The summed E-state index contributed by atoms with van der Waals surface area (Å²) in [6, 6.07) is 5.82. The number of hydrogen-bond donors (Lipinski definition) is 0. The van der Waals surface area contributed by atoms with Gasteiger partial charge >= 0.3 is 0 Å². The van der Waals surface area contributed by atoms with Gasteiger partial charge in [0.15, 0.2) is 5.78 Å². The second-order valence-electron chi connectivity index (χ2n) is 4.64. The molecule has 3 nitrogen and oxygen atoms in total. The predicted octanol–water partition coefficient (Wildman–Crippen LogP) is 3.27. The molecule has 1 fully saturated rings. The van der Waals surface area contributed by atoms with Crippen LogP contribution in [0.5, 0.6) is 0 Å². The molecule has 0 radical (unpaired) electrons. The van der Waals surface area contributed by atoms with E-state index in [0.29, 0.717) is 6.10 Å². The summed E-state index contributed by atoms with van der Waals surface area (Å²) in [7, 11) is 1.78. The number of ketones is 1. The van der Waals surface area contributed by atoms with Crippen molar-refractivity contribution in [2.24, 2.45) is 0 Å². The highest BCUT2D eigenvalue weighted by molar-refractivity contribution is 9.10. The molecule has 0 spiro atoms. The third kappa shape index (κ3) is 2.93. The molecule has 0 unspecified atom stereocenters. The average molecular weight is 312 g/mol. The van der Waals surface area contributed by atoms with E-state index in [9.17, 15) is 4.79 Å². The lowest BCUT2D eigenvalue weighted by atomic mass is 10.1. The zero-order valence-corrected chi connectivity index (χ0v) is 12.4. The maximum absolute atomic E-state index is 11.3. The number of carbonyl (C=O) groups excluding carboxylic acids is 1. The Bertz CT molecular complexity index is 439. The van der Waals surface area contributed by atoms with Crippen molar-refractivity contribution in [1.82, 2.24) is 0 Å². The van der Waals surface area contributed by atoms with E-state index in [1.165, 1.54) is 0 Å². The van der Waals surface area contributed by atoms with Crippen LogP contribution in [0, 0.1) is 0 Å². The van der Waals surface area contributed by atoms with Gasteiger partial charge in [-0.3, -0.25) is 4.79 Å². The van der Waals surface area contributed by atoms with E-state index < -0.39 is 0 Å². The molecule has 1 saturated heterocycles. The molecule has 18 heavy (non-hydrogen) atoms. The first-order valence-corrected chi connectivity index (χ1v) is 6.99. The van der Waals surface area contributed by atoms with Gasteiger partial charge in [0.25, 0.3) is 0 Å². The van der Waals surface area contributed by atoms with Gasteiger partial charge in [0.2, 0.25) is 0 Å². The molecule has 0 aliphatic carbocycles. The van der Waals surface area contributed by atoms with E-state index in [0.717, 1.165) is 41.7 Å². The lowest BCUT2D eigenvalue weighted by Crippen LogP contribution is -2.36. The SMILES string of the molecule is COC1CCN(c2ccc(C(C)=O)cc2Br)CC1. The van der Waals surface area contributed by atoms with Crippen LogP contribution in [0.15, 0.2) is 22.7 Å². The topological polar surface area (TPSA) is 29.5 Å². The van der Waals surface area contributed by atoms with E-state index in [1.54, 1.807) is 14.0 Å². The fraction of sp³-hybridized carbons (Fsp3) is 0.500. The normalized spacial score (nSPS) is 16.9. The maximum Gasteiger partial charge on any atom is 0.159 e. The lowest BCUT2D eigenvalue weighted by Gasteiger charge is -2.33. The first-order valence-electron chi connectivity index (χ1n) is 6.20. The number of anilines is 1. The number of Topliss-reactive ketones (excluding diaryl/α,β-unsaturated/α-hetero) is 1. The minimum absolute atomic E-state index is 0.0975. The van der Waals surface area contributed by atoms with E-state index in [1.807, 2.05) is 18.2 Å². The molecule has 0 aromatic heterocycles. The summed E-state index contributed by atoms with van der Waals surface area (Å²) < 4.78 is 6.36. The minimum Gasteiger partial charge on any atom is -0.381 e. The summed E-state index contributed by atoms with van der Waals surface area (Å²) in [6.07, 6.45) is 2.49. The van der Waals surface area contributed by atoms with Gasteiger partial charge in [-0.15, -0.1) is 0 Å². The van der Waals surface area contributed by atoms with Gasteiger partial charge in [-0.05, 0) is 53.9 Å². The van der Waals surface area contributed by atoms with Crippen molar-refractivity contribution in [1.29, 1.82) is 0 Å². The monoisotopic (exact) mass is 311 g/mol. The highest BCUT2D eigenvalue weighted by Gasteiger charge is 2.20. The molecule has 0 bridgehead atoms. The summed E-state index contributed by atoms with van der Waals surface area (Å²) in [6.45, 7) is 3.58. The third-order valence-electron chi connectivity index (χ3n) is 3.47. The molecule has 1 aromatic rings. The lowest BCUT2D eigenvalue weighted by molar-refractivity contribution is 0.0819. The van der Waals surface area contributed by atoms with Gasteiger partial charge in [-0.1, -0.05) is 0 Å².